The van der Waals surface area contributed by atoms with Crippen LogP contribution in [0.2, 0.25) is 10.0 Å². The molecule has 104 valence electrons. The smallest absolute Gasteiger partial charge is 0.255 e. The summed E-state index contributed by atoms with van der Waals surface area (Å²) in [5, 5.41) is 12.8. The maximum absolute atomic E-state index is 12.1. The Morgan fingerprint density at radius 2 is 1.95 bits per heavy atom. The normalized spacial score (nSPS) is 10.4. The SMILES string of the molecule is Cc1cc(C(=O)Nc2cc(Cl)cc(Cl)c2O)ccc1Br. The predicted molar refractivity (Wildman–Crippen MR) is 85.0 cm³/mol. The summed E-state index contributed by atoms with van der Waals surface area (Å²) in [6.45, 7) is 1.88. The molecule has 0 aliphatic rings. The van der Waals surface area contributed by atoms with Crippen LogP contribution in [0.3, 0.4) is 0 Å². The summed E-state index contributed by atoms with van der Waals surface area (Å²) in [6.07, 6.45) is 0. The third-order valence-electron chi connectivity index (χ3n) is 2.70. The van der Waals surface area contributed by atoms with Crippen LogP contribution in [-0.2, 0) is 0 Å². The van der Waals surface area contributed by atoms with Gasteiger partial charge in [-0.3, -0.25) is 4.79 Å². The standard InChI is InChI=1S/C14H10BrCl2NO2/c1-7-4-8(2-3-10(7)15)14(20)18-12-6-9(16)5-11(17)13(12)19/h2-6,19H,1H3,(H,18,20). The van der Waals surface area contributed by atoms with Crippen LogP contribution in [0, 0.1) is 6.92 Å². The number of anilines is 1. The van der Waals surface area contributed by atoms with Crippen molar-refractivity contribution in [1.82, 2.24) is 0 Å². The number of carbonyl (C=O) groups is 1. The number of aromatic hydroxyl groups is 1. The Hall–Kier alpha value is -1.23. The van der Waals surface area contributed by atoms with Crippen molar-refractivity contribution >= 4 is 50.7 Å². The highest BCUT2D eigenvalue weighted by atomic mass is 79.9. The van der Waals surface area contributed by atoms with Gasteiger partial charge in [0, 0.05) is 15.1 Å². The molecule has 2 rings (SSSR count). The van der Waals surface area contributed by atoms with Gasteiger partial charge in [0.15, 0.2) is 5.75 Å². The van der Waals surface area contributed by atoms with Gasteiger partial charge >= 0.3 is 0 Å². The van der Waals surface area contributed by atoms with E-state index in [1.54, 1.807) is 18.2 Å². The van der Waals surface area contributed by atoms with Gasteiger partial charge in [0.2, 0.25) is 0 Å². The quantitative estimate of drug-likeness (QED) is 0.725. The maximum Gasteiger partial charge on any atom is 0.255 e. The molecule has 0 atom stereocenters. The summed E-state index contributed by atoms with van der Waals surface area (Å²) in [7, 11) is 0. The fraction of sp³-hybridized carbons (Fsp3) is 0.0714. The molecule has 0 heterocycles. The van der Waals surface area contributed by atoms with E-state index in [-0.39, 0.29) is 22.4 Å². The van der Waals surface area contributed by atoms with E-state index < -0.39 is 0 Å². The second-order valence-electron chi connectivity index (χ2n) is 4.20. The topological polar surface area (TPSA) is 49.3 Å². The molecule has 0 radical (unpaired) electrons. The zero-order chi connectivity index (χ0) is 14.9. The van der Waals surface area contributed by atoms with Gasteiger partial charge in [-0.05, 0) is 42.8 Å². The molecule has 0 fully saturated rings. The van der Waals surface area contributed by atoms with Crippen molar-refractivity contribution < 1.29 is 9.90 Å². The average molecular weight is 375 g/mol. The predicted octanol–water partition coefficient (Wildman–Crippen LogP) is 5.02. The van der Waals surface area contributed by atoms with E-state index in [4.69, 9.17) is 23.2 Å². The number of hydrogen-bond donors (Lipinski definition) is 2. The molecule has 2 aromatic carbocycles. The molecule has 0 aliphatic carbocycles. The molecule has 0 spiro atoms. The molecule has 6 heteroatoms. The van der Waals surface area contributed by atoms with Gasteiger partial charge in [-0.15, -0.1) is 0 Å². The molecule has 2 aromatic rings. The van der Waals surface area contributed by atoms with E-state index in [1.165, 1.54) is 12.1 Å². The molecule has 3 nitrogen and oxygen atoms in total. The molecule has 0 saturated heterocycles. The van der Waals surface area contributed by atoms with Crippen LogP contribution in [0.1, 0.15) is 15.9 Å². The van der Waals surface area contributed by atoms with Crippen LogP contribution in [0.15, 0.2) is 34.8 Å². The number of halogens is 3. The van der Waals surface area contributed by atoms with Crippen molar-refractivity contribution in [2.45, 2.75) is 6.92 Å². The van der Waals surface area contributed by atoms with Crippen molar-refractivity contribution in [3.8, 4) is 5.75 Å². The number of nitrogens with one attached hydrogen (secondary N) is 1. The first-order chi connectivity index (χ1) is 9.38. The Morgan fingerprint density at radius 3 is 2.60 bits per heavy atom. The van der Waals surface area contributed by atoms with Crippen molar-refractivity contribution in [3.63, 3.8) is 0 Å². The third-order valence-corrected chi connectivity index (χ3v) is 4.09. The zero-order valence-corrected chi connectivity index (χ0v) is 13.5. The van der Waals surface area contributed by atoms with Gasteiger partial charge in [0.1, 0.15) is 0 Å². The summed E-state index contributed by atoms with van der Waals surface area (Å²) in [5.74, 6) is -0.563. The number of amides is 1. The molecule has 1 amide bonds. The van der Waals surface area contributed by atoms with E-state index in [9.17, 15) is 9.90 Å². The minimum absolute atomic E-state index is 0.0831. The third kappa shape index (κ3) is 3.26. The van der Waals surface area contributed by atoms with Crippen LogP contribution in [0.5, 0.6) is 5.75 Å². The molecular formula is C14H10BrCl2NO2. The van der Waals surface area contributed by atoms with Crippen molar-refractivity contribution in [3.05, 3.63) is 56.0 Å². The van der Waals surface area contributed by atoms with Crippen LogP contribution >= 0.6 is 39.1 Å². The molecule has 20 heavy (non-hydrogen) atoms. The second-order valence-corrected chi connectivity index (χ2v) is 5.90. The fourth-order valence-electron chi connectivity index (χ4n) is 1.64. The van der Waals surface area contributed by atoms with E-state index in [2.05, 4.69) is 21.2 Å². The summed E-state index contributed by atoms with van der Waals surface area (Å²) in [4.78, 5) is 12.1. The number of phenols is 1. The van der Waals surface area contributed by atoms with Gasteiger partial charge in [-0.1, -0.05) is 39.1 Å². The Kier molecular flexibility index (Phi) is 4.58. The highest BCUT2D eigenvalue weighted by Gasteiger charge is 2.13. The lowest BCUT2D eigenvalue weighted by molar-refractivity contribution is 0.102. The minimum atomic E-state index is -0.353. The number of hydrogen-bond acceptors (Lipinski definition) is 2. The number of carbonyl (C=O) groups excluding carboxylic acids is 1. The summed E-state index contributed by atoms with van der Waals surface area (Å²) < 4.78 is 0.919. The van der Waals surface area contributed by atoms with Crippen LogP contribution < -0.4 is 5.32 Å². The van der Waals surface area contributed by atoms with Gasteiger partial charge in [-0.2, -0.15) is 0 Å². The monoisotopic (exact) mass is 373 g/mol. The number of aryl methyl sites for hydroxylation is 1. The van der Waals surface area contributed by atoms with Crippen molar-refractivity contribution in [2.24, 2.45) is 0 Å². The molecular weight excluding hydrogens is 365 g/mol. The highest BCUT2D eigenvalue weighted by molar-refractivity contribution is 9.10. The summed E-state index contributed by atoms with van der Waals surface area (Å²) in [6, 6.07) is 8.04. The van der Waals surface area contributed by atoms with E-state index >= 15 is 0 Å². The lowest BCUT2D eigenvalue weighted by atomic mass is 10.1. The first-order valence-corrected chi connectivity index (χ1v) is 7.19. The summed E-state index contributed by atoms with van der Waals surface area (Å²) >= 11 is 15.0. The van der Waals surface area contributed by atoms with Gasteiger partial charge in [-0.25, -0.2) is 0 Å². The first kappa shape index (κ1) is 15.2. The lowest BCUT2D eigenvalue weighted by Gasteiger charge is -2.10. The van der Waals surface area contributed by atoms with Gasteiger partial charge in [0.05, 0.1) is 10.7 Å². The molecule has 0 saturated carbocycles. The van der Waals surface area contributed by atoms with Crippen LogP contribution in [0.25, 0.3) is 0 Å². The molecule has 0 aromatic heterocycles. The van der Waals surface area contributed by atoms with Gasteiger partial charge in [0.25, 0.3) is 5.91 Å². The molecule has 0 unspecified atom stereocenters. The van der Waals surface area contributed by atoms with Crippen LogP contribution in [-0.4, -0.2) is 11.0 Å². The maximum atomic E-state index is 12.1. The van der Waals surface area contributed by atoms with Crippen LogP contribution in [0.4, 0.5) is 5.69 Å². The van der Waals surface area contributed by atoms with Gasteiger partial charge < -0.3 is 10.4 Å². The molecule has 0 bridgehead atoms. The van der Waals surface area contributed by atoms with E-state index in [1.807, 2.05) is 6.92 Å². The Bertz CT molecular complexity index is 689. The Balaban J connectivity index is 2.30. The fourth-order valence-corrected chi connectivity index (χ4v) is 2.38. The minimum Gasteiger partial charge on any atom is -0.504 e. The zero-order valence-electron chi connectivity index (χ0n) is 10.4. The van der Waals surface area contributed by atoms with E-state index in [0.717, 1.165) is 10.0 Å². The average Bonchev–Trinajstić information content (AvgIpc) is 2.38. The largest absolute Gasteiger partial charge is 0.504 e. The number of phenolic OH excluding ortho intramolecular Hbond substituents is 1. The Labute approximate surface area is 134 Å². The first-order valence-electron chi connectivity index (χ1n) is 5.64. The molecule has 2 N–H and O–H groups in total. The second kappa shape index (κ2) is 6.04. The van der Waals surface area contributed by atoms with Crippen molar-refractivity contribution in [1.29, 1.82) is 0 Å². The molecule has 0 aliphatic heterocycles. The highest BCUT2D eigenvalue weighted by Crippen LogP contribution is 2.35. The van der Waals surface area contributed by atoms with Crippen molar-refractivity contribution in [2.75, 3.05) is 5.32 Å². The number of benzene rings is 2. The number of rotatable bonds is 2. The lowest BCUT2D eigenvalue weighted by Crippen LogP contribution is -2.12. The summed E-state index contributed by atoms with van der Waals surface area (Å²) in [5.41, 5.74) is 1.58. The van der Waals surface area contributed by atoms with E-state index in [0.29, 0.717) is 10.6 Å². The Morgan fingerprint density at radius 1 is 1.25 bits per heavy atom.